The van der Waals surface area contributed by atoms with E-state index in [0.717, 1.165) is 42.0 Å². The maximum Gasteiger partial charge on any atom is 0.251 e. The van der Waals surface area contributed by atoms with Gasteiger partial charge >= 0.3 is 0 Å². The Kier molecular flexibility index (Phi) is 7.48. The number of aryl methyl sites for hydroxylation is 2. The second-order valence-electron chi connectivity index (χ2n) is 8.41. The number of aromatic nitrogens is 2. The lowest BCUT2D eigenvalue weighted by molar-refractivity contribution is 0.0937. The Morgan fingerprint density at radius 2 is 1.79 bits per heavy atom. The first-order chi connectivity index (χ1) is 16.5. The van der Waals surface area contributed by atoms with Crippen LogP contribution in [0.4, 0.5) is 0 Å². The number of rotatable bonds is 10. The van der Waals surface area contributed by atoms with Crippen molar-refractivity contribution in [1.29, 1.82) is 0 Å². The summed E-state index contributed by atoms with van der Waals surface area (Å²) in [5.74, 6) is 2.24. The van der Waals surface area contributed by atoms with Crippen LogP contribution in [0.3, 0.4) is 0 Å². The van der Waals surface area contributed by atoms with E-state index in [1.807, 2.05) is 49.4 Å². The molecule has 3 aromatic carbocycles. The number of unbranched alkanes of at least 4 members (excludes halogenated alkanes) is 1. The Bertz CT molecular complexity index is 1250. The lowest BCUT2D eigenvalue weighted by atomic mass is 10.2. The number of ether oxygens (including phenoxy) is 2. The van der Waals surface area contributed by atoms with E-state index < -0.39 is 0 Å². The van der Waals surface area contributed by atoms with E-state index in [-0.39, 0.29) is 11.9 Å². The molecule has 1 unspecified atom stereocenters. The monoisotopic (exact) mass is 457 g/mol. The van der Waals surface area contributed by atoms with E-state index in [2.05, 4.69) is 35.0 Å². The molecule has 1 aromatic heterocycles. The second kappa shape index (κ2) is 10.9. The van der Waals surface area contributed by atoms with Crippen molar-refractivity contribution >= 4 is 16.9 Å². The minimum atomic E-state index is -0.255. The number of benzene rings is 3. The van der Waals surface area contributed by atoms with Crippen molar-refractivity contribution in [2.45, 2.75) is 39.3 Å². The van der Waals surface area contributed by atoms with Gasteiger partial charge in [0.2, 0.25) is 0 Å². The van der Waals surface area contributed by atoms with Gasteiger partial charge in [0, 0.05) is 12.1 Å². The number of nitrogens with one attached hydrogen (secondary N) is 1. The molecule has 1 N–H and O–H groups in total. The number of methoxy groups -OCH3 is 1. The molecule has 176 valence electrons. The molecule has 0 saturated heterocycles. The molecule has 1 heterocycles. The average molecular weight is 458 g/mol. The summed E-state index contributed by atoms with van der Waals surface area (Å²) in [4.78, 5) is 17.7. The van der Waals surface area contributed by atoms with Crippen molar-refractivity contribution in [3.05, 3.63) is 89.7 Å². The predicted molar refractivity (Wildman–Crippen MR) is 135 cm³/mol. The fraction of sp³-hybridized carbons (Fsp3) is 0.286. The van der Waals surface area contributed by atoms with Gasteiger partial charge in [0.05, 0.1) is 30.8 Å². The molecule has 4 rings (SSSR count). The maximum absolute atomic E-state index is 12.9. The molecular formula is C28H31N3O3. The molecule has 0 spiro atoms. The van der Waals surface area contributed by atoms with Crippen LogP contribution < -0.4 is 14.8 Å². The van der Waals surface area contributed by atoms with E-state index in [9.17, 15) is 4.79 Å². The number of hydrogen-bond acceptors (Lipinski definition) is 4. The van der Waals surface area contributed by atoms with Gasteiger partial charge in [0.25, 0.3) is 5.91 Å². The molecule has 34 heavy (non-hydrogen) atoms. The molecule has 0 aliphatic carbocycles. The highest BCUT2D eigenvalue weighted by Gasteiger charge is 2.19. The highest BCUT2D eigenvalue weighted by Crippen LogP contribution is 2.22. The first kappa shape index (κ1) is 23.4. The Morgan fingerprint density at radius 1 is 1.00 bits per heavy atom. The average Bonchev–Trinajstić information content (AvgIpc) is 3.23. The van der Waals surface area contributed by atoms with Gasteiger partial charge in [0.15, 0.2) is 0 Å². The molecular weight excluding hydrogens is 426 g/mol. The van der Waals surface area contributed by atoms with Crippen LogP contribution in [0, 0.1) is 6.92 Å². The summed E-state index contributed by atoms with van der Waals surface area (Å²) in [5, 5.41) is 3.09. The van der Waals surface area contributed by atoms with Crippen LogP contribution in [0.25, 0.3) is 11.0 Å². The zero-order valence-electron chi connectivity index (χ0n) is 20.0. The number of nitrogens with zero attached hydrogens (tertiary/aromatic N) is 2. The highest BCUT2D eigenvalue weighted by molar-refractivity contribution is 5.94. The van der Waals surface area contributed by atoms with Gasteiger partial charge in [-0.15, -0.1) is 0 Å². The Labute approximate surface area is 200 Å². The lowest BCUT2D eigenvalue weighted by Gasteiger charge is -2.17. The summed E-state index contributed by atoms with van der Waals surface area (Å²) in [6, 6.07) is 23.1. The molecule has 0 bridgehead atoms. The number of para-hydroxylation sites is 2. The molecule has 0 saturated carbocycles. The Morgan fingerprint density at radius 3 is 2.59 bits per heavy atom. The molecule has 0 fully saturated rings. The quantitative estimate of drug-likeness (QED) is 0.310. The zero-order valence-corrected chi connectivity index (χ0v) is 20.0. The van der Waals surface area contributed by atoms with Crippen molar-refractivity contribution in [2.24, 2.45) is 0 Å². The van der Waals surface area contributed by atoms with Crippen molar-refractivity contribution in [1.82, 2.24) is 14.9 Å². The molecule has 0 aliphatic heterocycles. The second-order valence-corrected chi connectivity index (χ2v) is 8.41. The smallest absolute Gasteiger partial charge is 0.251 e. The Balaban J connectivity index is 1.42. The summed E-state index contributed by atoms with van der Waals surface area (Å²) in [6.07, 6.45) is 1.86. The fourth-order valence-electron chi connectivity index (χ4n) is 3.97. The number of carbonyl (C=O) groups excluding carboxylic acids is 1. The normalized spacial score (nSPS) is 11.9. The predicted octanol–water partition coefficient (Wildman–Crippen LogP) is 5.70. The van der Waals surface area contributed by atoms with Crippen LogP contribution >= 0.6 is 0 Å². The van der Waals surface area contributed by atoms with Gasteiger partial charge in [0.1, 0.15) is 17.3 Å². The van der Waals surface area contributed by atoms with Gasteiger partial charge < -0.3 is 19.4 Å². The van der Waals surface area contributed by atoms with Crippen molar-refractivity contribution in [2.75, 3.05) is 13.7 Å². The van der Waals surface area contributed by atoms with Crippen LogP contribution in [0.2, 0.25) is 0 Å². The molecule has 0 radical (unpaired) electrons. The third-order valence-electron chi connectivity index (χ3n) is 5.82. The third kappa shape index (κ3) is 5.57. The van der Waals surface area contributed by atoms with Gasteiger partial charge in [-0.3, -0.25) is 4.79 Å². The lowest BCUT2D eigenvalue weighted by Crippen LogP contribution is -2.28. The van der Waals surface area contributed by atoms with Crippen LogP contribution in [0.1, 0.15) is 47.6 Å². The number of imidazole rings is 1. The van der Waals surface area contributed by atoms with Crippen molar-refractivity contribution in [3.63, 3.8) is 0 Å². The molecule has 1 atom stereocenters. The Hall–Kier alpha value is -3.80. The van der Waals surface area contributed by atoms with E-state index in [1.165, 1.54) is 5.56 Å². The number of amides is 1. The SMILES string of the molecule is COc1cccc(C(=O)NC(C)c2nc3ccccc3n2CCCCOc2ccc(C)cc2)c1. The van der Waals surface area contributed by atoms with Gasteiger partial charge in [-0.05, 0) is 69.2 Å². The molecule has 4 aromatic rings. The minimum absolute atomic E-state index is 0.156. The van der Waals surface area contributed by atoms with Crippen LogP contribution in [0.15, 0.2) is 72.8 Å². The van der Waals surface area contributed by atoms with Crippen LogP contribution in [0.5, 0.6) is 11.5 Å². The number of hydrogen-bond donors (Lipinski definition) is 1. The summed E-state index contributed by atoms with van der Waals surface area (Å²) in [5.41, 5.74) is 3.77. The minimum Gasteiger partial charge on any atom is -0.497 e. The molecule has 1 amide bonds. The van der Waals surface area contributed by atoms with Crippen molar-refractivity contribution < 1.29 is 14.3 Å². The van der Waals surface area contributed by atoms with E-state index in [1.54, 1.807) is 19.2 Å². The molecule has 6 nitrogen and oxygen atoms in total. The standard InChI is InChI=1S/C28H31N3O3/c1-20-13-15-23(16-14-20)34-18-7-6-17-31-26-12-5-4-11-25(26)30-27(31)21(2)29-28(32)22-9-8-10-24(19-22)33-3/h4-5,8-16,19,21H,6-7,17-18H2,1-3H3,(H,29,32). The number of carbonyl (C=O) groups is 1. The first-order valence-electron chi connectivity index (χ1n) is 11.6. The third-order valence-corrected chi connectivity index (χ3v) is 5.82. The number of fused-ring (bicyclic) bond motifs is 1. The van der Waals surface area contributed by atoms with Gasteiger partial charge in [-0.1, -0.05) is 35.9 Å². The van der Waals surface area contributed by atoms with Crippen molar-refractivity contribution in [3.8, 4) is 11.5 Å². The van der Waals surface area contributed by atoms with Crippen LogP contribution in [-0.4, -0.2) is 29.2 Å². The first-order valence-corrected chi connectivity index (χ1v) is 11.6. The van der Waals surface area contributed by atoms with Crippen LogP contribution in [-0.2, 0) is 6.54 Å². The molecule has 0 aliphatic rings. The van der Waals surface area contributed by atoms with Gasteiger partial charge in [-0.2, -0.15) is 0 Å². The molecule has 6 heteroatoms. The summed E-state index contributed by atoms with van der Waals surface area (Å²) in [7, 11) is 1.59. The summed E-state index contributed by atoms with van der Waals surface area (Å²) >= 11 is 0. The zero-order chi connectivity index (χ0) is 23.9. The van der Waals surface area contributed by atoms with E-state index in [0.29, 0.717) is 17.9 Å². The maximum atomic E-state index is 12.9. The topological polar surface area (TPSA) is 65.4 Å². The highest BCUT2D eigenvalue weighted by atomic mass is 16.5. The largest absolute Gasteiger partial charge is 0.497 e. The fourth-order valence-corrected chi connectivity index (χ4v) is 3.97. The van der Waals surface area contributed by atoms with E-state index >= 15 is 0 Å². The van der Waals surface area contributed by atoms with E-state index in [4.69, 9.17) is 14.5 Å². The summed E-state index contributed by atoms with van der Waals surface area (Å²) < 4.78 is 13.3. The van der Waals surface area contributed by atoms with Gasteiger partial charge in [-0.25, -0.2) is 4.98 Å². The summed E-state index contributed by atoms with van der Waals surface area (Å²) in [6.45, 7) is 5.49.